The van der Waals surface area contributed by atoms with E-state index in [9.17, 15) is 31.9 Å². The second-order valence-electron chi connectivity index (χ2n) is 11.5. The SMILES string of the molecule is [C-]#[N+]c1ccc(NC(=O)C(C)(CSc2ccc(F)cc2)OC(=O)C23CCC24C(C)(C)C4(C)C(=O)O3)cc1C(F)(F)F. The standard InChI is InChI=1S/C29H26F4N2O5S/c1-24(2)26(4)22(37)40-27(12-13-28(24,26)27)23(38)39-25(3,15-41-18-9-6-16(30)7-10-18)21(36)35-17-8-11-20(34-5)19(14-17)29(31,32)33/h6-11,14H,12-13,15H2,1-4H3,(H,35,36). The molecule has 1 aliphatic heterocycles. The number of amides is 1. The van der Waals surface area contributed by atoms with Crippen LogP contribution in [0.2, 0.25) is 0 Å². The van der Waals surface area contributed by atoms with Gasteiger partial charge in [-0.1, -0.05) is 19.9 Å². The predicted molar refractivity (Wildman–Crippen MR) is 140 cm³/mol. The lowest BCUT2D eigenvalue weighted by molar-refractivity contribution is -0.211. The topological polar surface area (TPSA) is 86.1 Å². The summed E-state index contributed by atoms with van der Waals surface area (Å²) in [5, 5.41) is 2.38. The van der Waals surface area contributed by atoms with E-state index >= 15 is 0 Å². The molecule has 4 unspecified atom stereocenters. The molecular formula is C29H26F4N2O5S. The molecule has 1 heterocycles. The van der Waals surface area contributed by atoms with Gasteiger partial charge in [0.25, 0.3) is 5.91 Å². The summed E-state index contributed by atoms with van der Waals surface area (Å²) in [6, 6.07) is 8.09. The van der Waals surface area contributed by atoms with Crippen molar-refractivity contribution in [3.63, 3.8) is 0 Å². The first-order valence-electron chi connectivity index (χ1n) is 12.7. The number of carbonyl (C=O) groups excluding carboxylic acids is 3. The minimum absolute atomic E-state index is 0.194. The number of hydrogen-bond donors (Lipinski definition) is 1. The number of hydrogen-bond acceptors (Lipinski definition) is 6. The molecule has 12 heteroatoms. The number of nitrogens with one attached hydrogen (secondary N) is 1. The minimum atomic E-state index is -4.84. The fourth-order valence-corrected chi connectivity index (χ4v) is 7.76. The van der Waals surface area contributed by atoms with Crippen LogP contribution >= 0.6 is 11.8 Å². The first-order valence-corrected chi connectivity index (χ1v) is 13.7. The third-order valence-electron chi connectivity index (χ3n) is 9.46. The Morgan fingerprint density at radius 1 is 1.12 bits per heavy atom. The molecule has 4 atom stereocenters. The second-order valence-corrected chi connectivity index (χ2v) is 12.6. The van der Waals surface area contributed by atoms with Gasteiger partial charge in [0.2, 0.25) is 5.60 Å². The number of benzene rings is 2. The molecule has 7 nitrogen and oxygen atoms in total. The predicted octanol–water partition coefficient (Wildman–Crippen LogP) is 6.55. The molecule has 0 aromatic heterocycles. The molecule has 1 N–H and O–H groups in total. The van der Waals surface area contributed by atoms with Gasteiger partial charge >= 0.3 is 18.1 Å². The number of ether oxygens (including phenoxy) is 2. The van der Waals surface area contributed by atoms with Gasteiger partial charge in [-0.3, -0.25) is 9.59 Å². The average molecular weight is 591 g/mol. The van der Waals surface area contributed by atoms with Crippen LogP contribution in [0.15, 0.2) is 47.4 Å². The maximum atomic E-state index is 13.8. The Bertz CT molecular complexity index is 1520. The summed E-state index contributed by atoms with van der Waals surface area (Å²) >= 11 is 1.07. The molecule has 216 valence electrons. The molecule has 1 spiro atoms. The molecule has 41 heavy (non-hydrogen) atoms. The number of anilines is 1. The lowest BCUT2D eigenvalue weighted by Crippen LogP contribution is -2.61. The maximum absolute atomic E-state index is 13.8. The van der Waals surface area contributed by atoms with Gasteiger partial charge in [0, 0.05) is 21.8 Å². The van der Waals surface area contributed by atoms with E-state index in [0.717, 1.165) is 23.9 Å². The van der Waals surface area contributed by atoms with Gasteiger partial charge < -0.3 is 14.8 Å². The third kappa shape index (κ3) is 3.81. The van der Waals surface area contributed by atoms with Crippen molar-refractivity contribution >= 4 is 41.0 Å². The van der Waals surface area contributed by atoms with Crippen molar-refractivity contribution in [2.75, 3.05) is 11.1 Å². The number of carbonyl (C=O) groups is 3. The van der Waals surface area contributed by atoms with Gasteiger partial charge in [-0.25, -0.2) is 14.0 Å². The summed E-state index contributed by atoms with van der Waals surface area (Å²) in [6.45, 7) is 13.9. The highest BCUT2D eigenvalue weighted by molar-refractivity contribution is 7.99. The van der Waals surface area contributed by atoms with Gasteiger partial charge in [0.1, 0.15) is 5.82 Å². The third-order valence-corrected chi connectivity index (χ3v) is 10.8. The highest BCUT2D eigenvalue weighted by atomic mass is 32.2. The Morgan fingerprint density at radius 3 is 2.32 bits per heavy atom. The normalized spacial score (nSPS) is 28.6. The lowest BCUT2D eigenvalue weighted by atomic mass is 9.61. The van der Waals surface area contributed by atoms with Crippen LogP contribution in [0.3, 0.4) is 0 Å². The van der Waals surface area contributed by atoms with E-state index in [1.54, 1.807) is 6.92 Å². The molecule has 2 saturated carbocycles. The molecule has 2 aromatic rings. The number of thioether (sulfide) groups is 1. The van der Waals surface area contributed by atoms with Crippen molar-refractivity contribution in [2.45, 2.75) is 62.8 Å². The van der Waals surface area contributed by atoms with Crippen molar-refractivity contribution in [1.29, 1.82) is 0 Å². The van der Waals surface area contributed by atoms with Crippen LogP contribution in [-0.2, 0) is 30.0 Å². The summed E-state index contributed by atoms with van der Waals surface area (Å²) in [5.74, 6) is -3.01. The number of rotatable bonds is 7. The number of esters is 2. The summed E-state index contributed by atoms with van der Waals surface area (Å²) < 4.78 is 65.5. The van der Waals surface area contributed by atoms with E-state index in [2.05, 4.69) is 10.2 Å². The number of alkyl halides is 3. The van der Waals surface area contributed by atoms with Crippen LogP contribution < -0.4 is 5.32 Å². The van der Waals surface area contributed by atoms with Crippen LogP contribution in [0.25, 0.3) is 4.85 Å². The quantitative estimate of drug-likeness (QED) is 0.170. The Kier molecular flexibility index (Phi) is 6.32. The Hall–Kier alpha value is -3.59. The summed E-state index contributed by atoms with van der Waals surface area (Å²) in [7, 11) is 0. The van der Waals surface area contributed by atoms with Crippen LogP contribution in [-0.4, -0.2) is 34.8 Å². The monoisotopic (exact) mass is 590 g/mol. The van der Waals surface area contributed by atoms with Crippen molar-refractivity contribution in [1.82, 2.24) is 0 Å². The van der Waals surface area contributed by atoms with Crippen molar-refractivity contribution < 1.29 is 41.4 Å². The van der Waals surface area contributed by atoms with Gasteiger partial charge in [-0.15, -0.1) is 11.8 Å². The van der Waals surface area contributed by atoms with Crippen LogP contribution in [0.4, 0.5) is 28.9 Å². The zero-order valence-corrected chi connectivity index (χ0v) is 23.4. The zero-order chi connectivity index (χ0) is 30.2. The number of halogens is 4. The molecule has 3 aliphatic rings. The van der Waals surface area contributed by atoms with E-state index in [1.165, 1.54) is 31.2 Å². The fraction of sp³-hybridized carbons (Fsp3) is 0.448. The van der Waals surface area contributed by atoms with Gasteiger partial charge in [-0.2, -0.15) is 13.2 Å². The van der Waals surface area contributed by atoms with Crippen LogP contribution in [0.5, 0.6) is 0 Å². The number of nitrogens with zero attached hydrogens (tertiary/aromatic N) is 1. The minimum Gasteiger partial charge on any atom is -0.446 e. The van der Waals surface area contributed by atoms with Crippen molar-refractivity contribution in [3.05, 3.63) is 65.3 Å². The van der Waals surface area contributed by atoms with Crippen LogP contribution in [0.1, 0.15) is 46.1 Å². The smallest absolute Gasteiger partial charge is 0.407 e. The van der Waals surface area contributed by atoms with Crippen molar-refractivity contribution in [2.24, 2.45) is 16.2 Å². The van der Waals surface area contributed by atoms with Crippen molar-refractivity contribution in [3.8, 4) is 0 Å². The van der Waals surface area contributed by atoms with E-state index in [4.69, 9.17) is 16.0 Å². The van der Waals surface area contributed by atoms with Crippen LogP contribution in [0, 0.1) is 28.6 Å². The highest BCUT2D eigenvalue weighted by Crippen LogP contribution is 2.92. The maximum Gasteiger partial charge on any atom is 0.407 e. The highest BCUT2D eigenvalue weighted by Gasteiger charge is 3.00. The van der Waals surface area contributed by atoms with E-state index in [0.29, 0.717) is 17.4 Å². The Balaban J connectivity index is 1.45. The molecule has 5 rings (SSSR count). The molecule has 0 radical (unpaired) electrons. The molecule has 2 aliphatic carbocycles. The molecule has 3 fully saturated rings. The zero-order valence-electron chi connectivity index (χ0n) is 22.6. The molecule has 1 saturated heterocycles. The first-order chi connectivity index (χ1) is 19.0. The average Bonchev–Trinajstić information content (AvgIpc) is 3.28. The van der Waals surface area contributed by atoms with E-state index in [1.807, 2.05) is 13.8 Å². The second kappa shape index (κ2) is 8.95. The Morgan fingerprint density at radius 2 is 1.78 bits per heavy atom. The van der Waals surface area contributed by atoms with E-state index in [-0.39, 0.29) is 17.9 Å². The molecule has 1 amide bonds. The first kappa shape index (κ1) is 28.9. The fourth-order valence-electron chi connectivity index (χ4n) is 6.80. The summed E-state index contributed by atoms with van der Waals surface area (Å²) in [4.78, 5) is 43.8. The summed E-state index contributed by atoms with van der Waals surface area (Å²) in [5.41, 5.74) is -7.89. The van der Waals surface area contributed by atoms with Gasteiger partial charge in [0.05, 0.1) is 17.6 Å². The van der Waals surface area contributed by atoms with Gasteiger partial charge in [0.15, 0.2) is 11.3 Å². The van der Waals surface area contributed by atoms with Gasteiger partial charge in [-0.05, 0) is 68.5 Å². The molecular weight excluding hydrogens is 564 g/mol. The Labute approximate surface area is 237 Å². The largest absolute Gasteiger partial charge is 0.446 e. The molecule has 0 bridgehead atoms. The lowest BCUT2D eigenvalue weighted by Gasteiger charge is -2.47. The van der Waals surface area contributed by atoms with E-state index < -0.39 is 68.5 Å². The molecule has 2 aromatic carbocycles. The summed E-state index contributed by atoms with van der Waals surface area (Å²) in [6.07, 6.45) is -4.08.